The maximum absolute atomic E-state index is 12.9. The third-order valence-electron chi connectivity index (χ3n) is 3.18. The minimum Gasteiger partial charge on any atom is -0.399 e. The van der Waals surface area contributed by atoms with Gasteiger partial charge in [-0.1, -0.05) is 17.3 Å². The zero-order valence-electron chi connectivity index (χ0n) is 11.3. The molecule has 106 valence electrons. The summed E-state index contributed by atoms with van der Waals surface area (Å²) < 4.78 is 18.1. The topological polar surface area (TPSA) is 64.9 Å². The molecule has 5 heteroatoms. The van der Waals surface area contributed by atoms with E-state index in [4.69, 9.17) is 10.3 Å². The van der Waals surface area contributed by atoms with E-state index in [2.05, 4.69) is 10.1 Å². The van der Waals surface area contributed by atoms with Crippen molar-refractivity contribution >= 4 is 5.69 Å². The largest absolute Gasteiger partial charge is 0.399 e. The van der Waals surface area contributed by atoms with Crippen LogP contribution in [-0.2, 0) is 12.8 Å². The van der Waals surface area contributed by atoms with Crippen LogP contribution in [0.25, 0.3) is 11.4 Å². The SMILES string of the molecule is Nc1ccc(CCc2nc(-c3ccc(F)cc3)no2)cc1. The molecular formula is C16H14FN3O. The van der Waals surface area contributed by atoms with E-state index in [-0.39, 0.29) is 5.82 Å². The minimum atomic E-state index is -0.286. The average Bonchev–Trinajstić information content (AvgIpc) is 2.96. The first-order valence-electron chi connectivity index (χ1n) is 6.64. The van der Waals surface area contributed by atoms with Gasteiger partial charge in [-0.05, 0) is 48.4 Å². The highest BCUT2D eigenvalue weighted by Crippen LogP contribution is 2.17. The third-order valence-corrected chi connectivity index (χ3v) is 3.18. The van der Waals surface area contributed by atoms with Crippen LogP contribution in [0.3, 0.4) is 0 Å². The van der Waals surface area contributed by atoms with Crippen LogP contribution in [0.15, 0.2) is 53.1 Å². The van der Waals surface area contributed by atoms with Crippen LogP contribution in [0.2, 0.25) is 0 Å². The number of nitrogen functional groups attached to an aromatic ring is 1. The fourth-order valence-electron chi connectivity index (χ4n) is 2.01. The van der Waals surface area contributed by atoms with Gasteiger partial charge < -0.3 is 10.3 Å². The van der Waals surface area contributed by atoms with Gasteiger partial charge in [-0.15, -0.1) is 0 Å². The van der Waals surface area contributed by atoms with Crippen LogP contribution in [0.5, 0.6) is 0 Å². The van der Waals surface area contributed by atoms with Gasteiger partial charge in [-0.2, -0.15) is 4.98 Å². The summed E-state index contributed by atoms with van der Waals surface area (Å²) in [6, 6.07) is 13.7. The van der Waals surface area contributed by atoms with E-state index < -0.39 is 0 Å². The van der Waals surface area contributed by atoms with Gasteiger partial charge in [0.1, 0.15) is 5.82 Å². The molecule has 0 saturated carbocycles. The molecule has 0 fully saturated rings. The lowest BCUT2D eigenvalue weighted by Crippen LogP contribution is -1.92. The molecule has 0 atom stereocenters. The van der Waals surface area contributed by atoms with E-state index in [0.29, 0.717) is 18.1 Å². The average molecular weight is 283 g/mol. The summed E-state index contributed by atoms with van der Waals surface area (Å²) in [6.07, 6.45) is 1.45. The lowest BCUT2D eigenvalue weighted by atomic mass is 10.1. The molecule has 0 aliphatic carbocycles. The minimum absolute atomic E-state index is 0.286. The quantitative estimate of drug-likeness (QED) is 0.746. The maximum atomic E-state index is 12.9. The van der Waals surface area contributed by atoms with Crippen LogP contribution >= 0.6 is 0 Å². The molecular weight excluding hydrogens is 269 g/mol. The van der Waals surface area contributed by atoms with Gasteiger partial charge >= 0.3 is 0 Å². The van der Waals surface area contributed by atoms with Crippen LogP contribution in [0.1, 0.15) is 11.5 Å². The summed E-state index contributed by atoms with van der Waals surface area (Å²) in [6.45, 7) is 0. The van der Waals surface area contributed by atoms with Crippen LogP contribution < -0.4 is 5.73 Å². The number of anilines is 1. The van der Waals surface area contributed by atoms with Crippen molar-refractivity contribution < 1.29 is 8.91 Å². The number of benzene rings is 2. The number of nitrogens with zero attached hydrogens (tertiary/aromatic N) is 2. The lowest BCUT2D eigenvalue weighted by molar-refractivity contribution is 0.379. The Bertz CT molecular complexity index is 720. The molecule has 1 aromatic heterocycles. The van der Waals surface area contributed by atoms with E-state index in [1.54, 1.807) is 12.1 Å². The molecule has 0 unspecified atom stereocenters. The number of aryl methyl sites for hydroxylation is 2. The fraction of sp³-hybridized carbons (Fsp3) is 0.125. The number of hydrogen-bond donors (Lipinski definition) is 1. The van der Waals surface area contributed by atoms with Gasteiger partial charge in [0, 0.05) is 17.7 Å². The summed E-state index contributed by atoms with van der Waals surface area (Å²) in [7, 11) is 0. The van der Waals surface area contributed by atoms with Gasteiger partial charge in [0.05, 0.1) is 0 Å². The Morgan fingerprint density at radius 2 is 1.67 bits per heavy atom. The lowest BCUT2D eigenvalue weighted by Gasteiger charge is -1.98. The molecule has 1 heterocycles. The second-order valence-corrected chi connectivity index (χ2v) is 4.76. The Balaban J connectivity index is 1.67. The van der Waals surface area contributed by atoms with Crippen molar-refractivity contribution in [1.82, 2.24) is 10.1 Å². The molecule has 0 aliphatic rings. The van der Waals surface area contributed by atoms with Gasteiger partial charge in [-0.25, -0.2) is 4.39 Å². The predicted molar refractivity (Wildman–Crippen MR) is 78.0 cm³/mol. The van der Waals surface area contributed by atoms with Crippen LogP contribution in [0.4, 0.5) is 10.1 Å². The monoisotopic (exact) mass is 283 g/mol. The molecule has 3 aromatic rings. The first-order valence-corrected chi connectivity index (χ1v) is 6.64. The molecule has 0 amide bonds. The standard InChI is InChI=1S/C16H14FN3O/c17-13-6-4-12(5-7-13)16-19-15(21-20-16)10-3-11-1-8-14(18)9-2-11/h1-2,4-9H,3,10,18H2. The highest BCUT2D eigenvalue weighted by Gasteiger charge is 2.08. The molecule has 0 saturated heterocycles. The molecule has 3 rings (SSSR count). The normalized spacial score (nSPS) is 10.7. The Morgan fingerprint density at radius 1 is 0.952 bits per heavy atom. The molecule has 2 N–H and O–H groups in total. The van der Waals surface area contributed by atoms with E-state index in [1.807, 2.05) is 24.3 Å². The van der Waals surface area contributed by atoms with Gasteiger partial charge in [0.25, 0.3) is 0 Å². The van der Waals surface area contributed by atoms with Gasteiger partial charge in [-0.3, -0.25) is 0 Å². The molecule has 21 heavy (non-hydrogen) atoms. The van der Waals surface area contributed by atoms with Gasteiger partial charge in [0.2, 0.25) is 11.7 Å². The zero-order chi connectivity index (χ0) is 14.7. The number of hydrogen-bond acceptors (Lipinski definition) is 4. The first kappa shape index (κ1) is 13.3. The number of halogens is 1. The molecule has 0 aliphatic heterocycles. The highest BCUT2D eigenvalue weighted by molar-refractivity contribution is 5.53. The predicted octanol–water partition coefficient (Wildman–Crippen LogP) is 3.24. The van der Waals surface area contributed by atoms with Crippen molar-refractivity contribution in [3.63, 3.8) is 0 Å². The summed E-state index contributed by atoms with van der Waals surface area (Å²) in [4.78, 5) is 4.32. The van der Waals surface area contributed by atoms with Crippen molar-refractivity contribution in [2.45, 2.75) is 12.8 Å². The maximum Gasteiger partial charge on any atom is 0.227 e. The Labute approximate surface area is 121 Å². The Hall–Kier alpha value is -2.69. The van der Waals surface area contributed by atoms with Crippen LogP contribution in [0, 0.1) is 5.82 Å². The zero-order valence-corrected chi connectivity index (χ0v) is 11.3. The first-order chi connectivity index (χ1) is 10.2. The van der Waals surface area contributed by atoms with E-state index >= 15 is 0 Å². The van der Waals surface area contributed by atoms with Crippen molar-refractivity contribution in [2.75, 3.05) is 5.73 Å². The molecule has 0 bridgehead atoms. The fourth-order valence-corrected chi connectivity index (χ4v) is 2.01. The number of aromatic nitrogens is 2. The van der Waals surface area contributed by atoms with Crippen LogP contribution in [-0.4, -0.2) is 10.1 Å². The van der Waals surface area contributed by atoms with Gasteiger partial charge in [0.15, 0.2) is 0 Å². The second-order valence-electron chi connectivity index (χ2n) is 4.76. The van der Waals surface area contributed by atoms with Crippen molar-refractivity contribution in [2.24, 2.45) is 0 Å². The second kappa shape index (κ2) is 5.75. The van der Waals surface area contributed by atoms with E-state index in [0.717, 1.165) is 23.2 Å². The molecule has 0 spiro atoms. The summed E-state index contributed by atoms with van der Waals surface area (Å²) in [5.41, 5.74) is 8.28. The van der Waals surface area contributed by atoms with Crippen molar-refractivity contribution in [3.05, 3.63) is 65.8 Å². The summed E-state index contributed by atoms with van der Waals surface area (Å²) in [5.74, 6) is 0.749. The Kier molecular flexibility index (Phi) is 3.64. The smallest absolute Gasteiger partial charge is 0.227 e. The van der Waals surface area contributed by atoms with Crippen molar-refractivity contribution in [1.29, 1.82) is 0 Å². The van der Waals surface area contributed by atoms with E-state index in [1.165, 1.54) is 12.1 Å². The number of nitrogens with two attached hydrogens (primary N) is 1. The summed E-state index contributed by atoms with van der Waals surface area (Å²) in [5, 5.41) is 3.91. The molecule has 0 radical (unpaired) electrons. The highest BCUT2D eigenvalue weighted by atomic mass is 19.1. The number of rotatable bonds is 4. The molecule has 4 nitrogen and oxygen atoms in total. The molecule has 2 aromatic carbocycles. The summed E-state index contributed by atoms with van der Waals surface area (Å²) >= 11 is 0. The van der Waals surface area contributed by atoms with E-state index in [9.17, 15) is 4.39 Å². The third kappa shape index (κ3) is 3.25. The Morgan fingerprint density at radius 3 is 2.38 bits per heavy atom. The van der Waals surface area contributed by atoms with Crippen molar-refractivity contribution in [3.8, 4) is 11.4 Å².